The average molecular weight is 654 g/mol. The molecule has 1 saturated carbocycles. The predicted molar refractivity (Wildman–Crippen MR) is 190 cm³/mol. The van der Waals surface area contributed by atoms with Crippen molar-refractivity contribution in [1.29, 1.82) is 0 Å². The van der Waals surface area contributed by atoms with E-state index in [-0.39, 0.29) is 28.9 Å². The number of pyridine rings is 1. The highest BCUT2D eigenvalue weighted by Crippen LogP contribution is 2.40. The minimum atomic E-state index is -0.130. The number of ether oxygens (including phenoxy) is 1. The van der Waals surface area contributed by atoms with E-state index in [9.17, 15) is 14.4 Å². The number of benzene rings is 1. The average Bonchev–Trinajstić information content (AvgIpc) is 3.47. The van der Waals surface area contributed by atoms with Crippen molar-refractivity contribution >= 4 is 28.9 Å². The van der Waals surface area contributed by atoms with E-state index in [0.29, 0.717) is 49.1 Å². The first-order chi connectivity index (χ1) is 22.9. The van der Waals surface area contributed by atoms with E-state index < -0.39 is 0 Å². The predicted octanol–water partition coefficient (Wildman–Crippen LogP) is 7.89. The van der Waals surface area contributed by atoms with Gasteiger partial charge in [0, 0.05) is 36.9 Å². The van der Waals surface area contributed by atoms with Crippen LogP contribution in [0.5, 0.6) is 0 Å². The summed E-state index contributed by atoms with van der Waals surface area (Å²) in [6.07, 6.45) is 10.2. The molecule has 3 heterocycles. The van der Waals surface area contributed by atoms with Crippen LogP contribution in [0, 0.1) is 29.1 Å². The summed E-state index contributed by atoms with van der Waals surface area (Å²) in [7, 11) is 1.46. The standard InChI is InChI=1S/C41H55N3O4/c1-26-17-28(18-26)19-38(45)31-8-6-7-29(21-31)30(13-16-44-14-11-27(12-15-44)20-40(47)48-5)24-39(46)37-25-36-35(43-37)23-32-22-33(41(2,3)4)9-10-34(32)42-36/h6-8,21,23,26-28,30,33H,9-20,22,24-25H2,1-5H3/t26?,28?,30-,33-/m0/s1. The molecule has 0 amide bonds. The SMILES string of the molecule is COC(=O)CC1CCN(CC[C@@H](CC(=O)C2=Nc3cc4c(nc3C2)CC[C@H](C(C)(C)C)C4)c2cccc(C(=O)CC3CC(C)C3)c2)CC1. The number of methoxy groups -OCH3 is 1. The number of likely N-dealkylation sites (tertiary alicyclic amines) is 1. The fourth-order valence-electron chi connectivity index (χ4n) is 8.55. The Labute approximate surface area is 287 Å². The minimum Gasteiger partial charge on any atom is -0.469 e. The third kappa shape index (κ3) is 8.33. The first kappa shape index (κ1) is 34.7. The van der Waals surface area contributed by atoms with Gasteiger partial charge in [0.1, 0.15) is 0 Å². The van der Waals surface area contributed by atoms with Crippen LogP contribution in [0.2, 0.25) is 0 Å². The number of aliphatic imine (C=N–C) groups is 1. The first-order valence-corrected chi connectivity index (χ1v) is 18.5. The zero-order valence-corrected chi connectivity index (χ0v) is 29.9. The third-order valence-electron chi connectivity index (χ3n) is 11.8. The largest absolute Gasteiger partial charge is 0.469 e. The maximum Gasteiger partial charge on any atom is 0.305 e. The summed E-state index contributed by atoms with van der Waals surface area (Å²) in [5.74, 6) is 2.36. The second-order valence-corrected chi connectivity index (χ2v) is 16.5. The molecule has 0 unspecified atom stereocenters. The smallest absolute Gasteiger partial charge is 0.305 e. The van der Waals surface area contributed by atoms with Gasteiger partial charge in [-0.1, -0.05) is 45.9 Å². The molecule has 1 saturated heterocycles. The zero-order valence-electron chi connectivity index (χ0n) is 29.9. The van der Waals surface area contributed by atoms with Gasteiger partial charge in [0.2, 0.25) is 0 Å². The number of esters is 1. The van der Waals surface area contributed by atoms with Gasteiger partial charge in [0.05, 0.1) is 24.2 Å². The van der Waals surface area contributed by atoms with Crippen molar-refractivity contribution in [3.8, 4) is 0 Å². The van der Waals surface area contributed by atoms with Crippen LogP contribution in [-0.2, 0) is 33.6 Å². The topological polar surface area (TPSA) is 88.9 Å². The van der Waals surface area contributed by atoms with Crippen molar-refractivity contribution in [3.63, 3.8) is 0 Å². The van der Waals surface area contributed by atoms with Crippen LogP contribution in [0.1, 0.15) is 124 Å². The van der Waals surface area contributed by atoms with Gasteiger partial charge in [0.15, 0.2) is 11.6 Å². The van der Waals surface area contributed by atoms with E-state index in [1.54, 1.807) is 0 Å². The minimum absolute atomic E-state index is 0.0121. The lowest BCUT2D eigenvalue weighted by Crippen LogP contribution is -2.35. The molecule has 2 aromatic rings. The summed E-state index contributed by atoms with van der Waals surface area (Å²) >= 11 is 0. The quantitative estimate of drug-likeness (QED) is 0.171. The van der Waals surface area contributed by atoms with Crippen molar-refractivity contribution in [1.82, 2.24) is 9.88 Å². The molecular weight excluding hydrogens is 598 g/mol. The summed E-state index contributed by atoms with van der Waals surface area (Å²) in [5.41, 5.74) is 7.00. The number of ketones is 2. The Bertz CT molecular complexity index is 1540. The lowest BCUT2D eigenvalue weighted by Gasteiger charge is -2.34. The molecular formula is C41H55N3O4. The molecule has 0 N–H and O–H groups in total. The molecule has 2 atom stereocenters. The highest BCUT2D eigenvalue weighted by molar-refractivity contribution is 6.41. The molecule has 6 rings (SSSR count). The fourth-order valence-corrected chi connectivity index (χ4v) is 8.55. The molecule has 1 aromatic heterocycles. The van der Waals surface area contributed by atoms with Gasteiger partial charge < -0.3 is 9.64 Å². The summed E-state index contributed by atoms with van der Waals surface area (Å²) in [6.45, 7) is 12.0. The molecule has 48 heavy (non-hydrogen) atoms. The molecule has 2 fully saturated rings. The second kappa shape index (κ2) is 14.7. The number of aromatic nitrogens is 1. The lowest BCUT2D eigenvalue weighted by molar-refractivity contribution is -0.142. The lowest BCUT2D eigenvalue weighted by atomic mass is 9.71. The van der Waals surface area contributed by atoms with Crippen molar-refractivity contribution in [2.45, 2.75) is 111 Å². The number of carbonyl (C=O) groups excluding carboxylic acids is 3. The first-order valence-electron chi connectivity index (χ1n) is 18.5. The van der Waals surface area contributed by atoms with E-state index in [4.69, 9.17) is 14.7 Å². The van der Waals surface area contributed by atoms with E-state index in [1.807, 2.05) is 12.1 Å². The number of hydrogen-bond donors (Lipinski definition) is 0. The molecule has 0 spiro atoms. The second-order valence-electron chi connectivity index (χ2n) is 16.5. The number of nitrogens with zero attached hydrogens (tertiary/aromatic N) is 3. The highest BCUT2D eigenvalue weighted by atomic mass is 16.5. The molecule has 7 nitrogen and oxygen atoms in total. The molecule has 4 aliphatic rings. The van der Waals surface area contributed by atoms with Crippen LogP contribution in [0.25, 0.3) is 0 Å². The van der Waals surface area contributed by atoms with E-state index in [2.05, 4.69) is 50.8 Å². The normalized spacial score (nSPS) is 23.4. The summed E-state index contributed by atoms with van der Waals surface area (Å²) in [4.78, 5) is 51.4. The third-order valence-corrected chi connectivity index (χ3v) is 11.8. The van der Waals surface area contributed by atoms with Crippen LogP contribution in [0.15, 0.2) is 35.3 Å². The Morgan fingerprint density at radius 2 is 1.75 bits per heavy atom. The Morgan fingerprint density at radius 1 is 0.979 bits per heavy atom. The Kier molecular flexibility index (Phi) is 10.6. The molecule has 258 valence electrons. The van der Waals surface area contributed by atoms with Crippen molar-refractivity contribution in [3.05, 3.63) is 58.4 Å². The van der Waals surface area contributed by atoms with Crippen LogP contribution in [0.3, 0.4) is 0 Å². The number of hydrogen-bond acceptors (Lipinski definition) is 7. The fraction of sp³-hybridized carbons (Fsp3) is 0.634. The Balaban J connectivity index is 1.15. The molecule has 2 aliphatic heterocycles. The molecule has 7 heteroatoms. The molecule has 2 aliphatic carbocycles. The van der Waals surface area contributed by atoms with Gasteiger partial charge in [-0.05, 0) is 129 Å². The van der Waals surface area contributed by atoms with E-state index in [1.165, 1.54) is 18.4 Å². The number of aryl methyl sites for hydroxylation is 1. The van der Waals surface area contributed by atoms with Gasteiger partial charge >= 0.3 is 5.97 Å². The van der Waals surface area contributed by atoms with Crippen molar-refractivity contribution in [2.75, 3.05) is 26.7 Å². The summed E-state index contributed by atoms with van der Waals surface area (Å²) in [5, 5.41) is 0. The van der Waals surface area contributed by atoms with Crippen LogP contribution in [-0.4, -0.2) is 59.9 Å². The summed E-state index contributed by atoms with van der Waals surface area (Å²) < 4.78 is 4.89. The Hall–Kier alpha value is -3.19. The number of piperidine rings is 1. The maximum atomic E-state index is 14.0. The van der Waals surface area contributed by atoms with Crippen LogP contribution >= 0.6 is 0 Å². The monoisotopic (exact) mass is 653 g/mol. The molecule has 0 bridgehead atoms. The van der Waals surface area contributed by atoms with Gasteiger partial charge in [0.25, 0.3) is 0 Å². The number of carbonyl (C=O) groups is 3. The van der Waals surface area contributed by atoms with Gasteiger partial charge in [-0.25, -0.2) is 4.99 Å². The number of rotatable bonds is 12. The van der Waals surface area contributed by atoms with Crippen molar-refractivity contribution in [2.24, 2.45) is 34.1 Å². The molecule has 1 aromatic carbocycles. The maximum absolute atomic E-state index is 14.0. The molecule has 0 radical (unpaired) electrons. The van der Waals surface area contributed by atoms with Crippen LogP contribution < -0.4 is 0 Å². The number of Topliss-reactive ketones (excluding diaryl/α,β-unsaturated/α-hetero) is 2. The van der Waals surface area contributed by atoms with Gasteiger partial charge in [-0.3, -0.25) is 19.4 Å². The summed E-state index contributed by atoms with van der Waals surface area (Å²) in [6, 6.07) is 10.3. The van der Waals surface area contributed by atoms with Gasteiger partial charge in [-0.2, -0.15) is 0 Å². The Morgan fingerprint density at radius 3 is 2.46 bits per heavy atom. The van der Waals surface area contributed by atoms with Crippen molar-refractivity contribution < 1.29 is 19.1 Å². The van der Waals surface area contributed by atoms with E-state index in [0.717, 1.165) is 99.4 Å². The van der Waals surface area contributed by atoms with Crippen LogP contribution in [0.4, 0.5) is 5.69 Å². The van der Waals surface area contributed by atoms with E-state index >= 15 is 0 Å². The number of fused-ring (bicyclic) bond motifs is 2. The highest BCUT2D eigenvalue weighted by Gasteiger charge is 2.33. The zero-order chi connectivity index (χ0) is 34.0. The van der Waals surface area contributed by atoms with Gasteiger partial charge in [-0.15, -0.1) is 0 Å².